The second-order valence-corrected chi connectivity index (χ2v) is 16.7. The maximum absolute atomic E-state index is 12.8. The van der Waals surface area contributed by atoms with Crippen molar-refractivity contribution in [2.75, 3.05) is 13.2 Å². The molecule has 0 bridgehead atoms. The fourth-order valence-corrected chi connectivity index (χ4v) is 6.63. The highest BCUT2D eigenvalue weighted by atomic mass is 16.6. The van der Waals surface area contributed by atoms with E-state index in [4.69, 9.17) is 14.2 Å². The first-order valence-electron chi connectivity index (χ1n) is 26.0. The van der Waals surface area contributed by atoms with Gasteiger partial charge in [0.15, 0.2) is 6.10 Å². The Kier molecular flexibility index (Phi) is 49.1. The van der Waals surface area contributed by atoms with Crippen LogP contribution in [0, 0.1) is 0 Å². The number of hydrogen-bond acceptors (Lipinski definition) is 6. The van der Waals surface area contributed by atoms with Gasteiger partial charge < -0.3 is 14.2 Å². The van der Waals surface area contributed by atoms with Gasteiger partial charge in [0.2, 0.25) is 0 Å². The van der Waals surface area contributed by atoms with Crippen LogP contribution in [0.4, 0.5) is 0 Å². The third-order valence-electron chi connectivity index (χ3n) is 10.5. The summed E-state index contributed by atoms with van der Waals surface area (Å²) in [5.41, 5.74) is 0. The number of carbonyl (C=O) groups excluding carboxylic acids is 3. The molecule has 6 heteroatoms. The second kappa shape index (κ2) is 52.4. The first-order valence-corrected chi connectivity index (χ1v) is 26.0. The topological polar surface area (TPSA) is 78.9 Å². The van der Waals surface area contributed by atoms with E-state index in [9.17, 15) is 14.4 Å². The Morgan fingerprint density at radius 3 is 1.03 bits per heavy atom. The maximum Gasteiger partial charge on any atom is 0.306 e. The van der Waals surface area contributed by atoms with Crippen LogP contribution < -0.4 is 0 Å². The third-order valence-corrected chi connectivity index (χ3v) is 10.5. The lowest BCUT2D eigenvalue weighted by molar-refractivity contribution is -0.166. The molecule has 0 saturated heterocycles. The molecule has 0 aromatic heterocycles. The molecule has 6 nitrogen and oxygen atoms in total. The standard InChI is InChI=1S/C59H94O6/c1-4-7-10-13-16-19-22-24-26-28-29-31-32-34-37-40-43-46-49-52-58(61)64-55-56(54-63-57(60)51-48-45-42-39-36-21-18-15-12-9-6-3)65-59(62)53-50-47-44-41-38-35-33-30-27-25-23-20-17-14-11-8-5-2/h7-8,10-11,16-17,19-20,24-27,29,31,33-35,37,43,46,56H,4-6,9,12-15,18,21-23,28,30,32,36,38-42,44-45,47-55H2,1-3H3/b10-7-,11-8-,19-16-,20-17-,26-24-,27-25-,31-29-,35-33-,37-34-,46-43-. The Labute approximate surface area is 399 Å². The molecule has 0 rings (SSSR count). The summed E-state index contributed by atoms with van der Waals surface area (Å²) in [6.45, 7) is 6.30. The predicted octanol–water partition coefficient (Wildman–Crippen LogP) is 17.3. The summed E-state index contributed by atoms with van der Waals surface area (Å²) >= 11 is 0. The highest BCUT2D eigenvalue weighted by Crippen LogP contribution is 2.13. The molecule has 0 N–H and O–H groups in total. The number of carbonyl (C=O) groups is 3. The molecule has 0 aliphatic heterocycles. The minimum Gasteiger partial charge on any atom is -0.462 e. The monoisotopic (exact) mass is 899 g/mol. The number of rotatable bonds is 45. The molecule has 1 atom stereocenters. The van der Waals surface area contributed by atoms with Gasteiger partial charge in [-0.1, -0.05) is 219 Å². The van der Waals surface area contributed by atoms with Crippen molar-refractivity contribution in [3.05, 3.63) is 122 Å². The molecule has 0 saturated carbocycles. The summed E-state index contributed by atoms with van der Waals surface area (Å²) in [5.74, 6) is -1.03. The van der Waals surface area contributed by atoms with E-state index in [1.807, 2.05) is 12.2 Å². The fourth-order valence-electron chi connectivity index (χ4n) is 6.63. The summed E-state index contributed by atoms with van der Waals surface area (Å²) in [7, 11) is 0. The quantitative estimate of drug-likeness (QED) is 0.0262. The highest BCUT2D eigenvalue weighted by Gasteiger charge is 2.19. The van der Waals surface area contributed by atoms with Crippen LogP contribution in [0.3, 0.4) is 0 Å². The van der Waals surface area contributed by atoms with E-state index < -0.39 is 6.10 Å². The van der Waals surface area contributed by atoms with Crippen molar-refractivity contribution in [2.45, 2.75) is 219 Å². The number of allylic oxidation sites excluding steroid dienone is 20. The SMILES string of the molecule is CC/C=C\C/C=C\C/C=C\C/C=C\C/C=C\C/C=C\CCC(=O)OCC(COC(=O)CCCCCCCCCCCCC)OC(=O)CCCCCC/C=C\C/C=C\C/C=C\C/C=C\CC. The summed E-state index contributed by atoms with van der Waals surface area (Å²) in [6.07, 6.45) is 71.9. The van der Waals surface area contributed by atoms with Crippen LogP contribution in [0.2, 0.25) is 0 Å². The third kappa shape index (κ3) is 50.7. The van der Waals surface area contributed by atoms with Gasteiger partial charge >= 0.3 is 17.9 Å². The van der Waals surface area contributed by atoms with Gasteiger partial charge in [-0.3, -0.25) is 14.4 Å². The van der Waals surface area contributed by atoms with E-state index in [2.05, 4.69) is 130 Å². The van der Waals surface area contributed by atoms with Crippen LogP contribution >= 0.6 is 0 Å². The molecule has 0 spiro atoms. The van der Waals surface area contributed by atoms with Crippen molar-refractivity contribution in [1.29, 1.82) is 0 Å². The van der Waals surface area contributed by atoms with Gasteiger partial charge in [-0.15, -0.1) is 0 Å². The Balaban J connectivity index is 4.55. The molecule has 0 amide bonds. The Bertz CT molecular complexity index is 1400. The maximum atomic E-state index is 12.8. The van der Waals surface area contributed by atoms with Gasteiger partial charge in [0.05, 0.1) is 0 Å². The summed E-state index contributed by atoms with van der Waals surface area (Å²) in [4.78, 5) is 37.9. The Morgan fingerprint density at radius 2 is 0.631 bits per heavy atom. The van der Waals surface area contributed by atoms with E-state index >= 15 is 0 Å². The lowest BCUT2D eigenvalue weighted by atomic mass is 10.1. The smallest absolute Gasteiger partial charge is 0.306 e. The molecule has 1 unspecified atom stereocenters. The molecule has 0 aromatic carbocycles. The second-order valence-electron chi connectivity index (χ2n) is 16.7. The highest BCUT2D eigenvalue weighted by molar-refractivity contribution is 5.71. The molecule has 0 heterocycles. The van der Waals surface area contributed by atoms with Gasteiger partial charge in [-0.25, -0.2) is 0 Å². The molecule has 0 fully saturated rings. The van der Waals surface area contributed by atoms with Gasteiger partial charge in [-0.05, 0) is 96.3 Å². The zero-order valence-corrected chi connectivity index (χ0v) is 41.7. The average Bonchev–Trinajstić information content (AvgIpc) is 3.30. The fraction of sp³-hybridized carbons (Fsp3) is 0.610. The van der Waals surface area contributed by atoms with Crippen molar-refractivity contribution in [2.24, 2.45) is 0 Å². The molecule has 0 radical (unpaired) electrons. The van der Waals surface area contributed by atoms with E-state index in [1.54, 1.807) is 0 Å². The van der Waals surface area contributed by atoms with E-state index in [0.717, 1.165) is 116 Å². The van der Waals surface area contributed by atoms with Crippen LogP contribution in [0.1, 0.15) is 213 Å². The minimum absolute atomic E-state index is 0.113. The van der Waals surface area contributed by atoms with Gasteiger partial charge in [0.1, 0.15) is 13.2 Å². The largest absolute Gasteiger partial charge is 0.462 e. The number of esters is 3. The van der Waals surface area contributed by atoms with Crippen molar-refractivity contribution < 1.29 is 28.6 Å². The molecule has 0 aromatic rings. The summed E-state index contributed by atoms with van der Waals surface area (Å²) in [6, 6.07) is 0. The Hall–Kier alpha value is -4.19. The molecule has 0 aliphatic rings. The number of hydrogen-bond donors (Lipinski definition) is 0. The van der Waals surface area contributed by atoms with Crippen molar-refractivity contribution in [1.82, 2.24) is 0 Å². The van der Waals surface area contributed by atoms with E-state index in [-0.39, 0.29) is 44.0 Å². The zero-order chi connectivity index (χ0) is 47.2. The van der Waals surface area contributed by atoms with Crippen molar-refractivity contribution in [3.8, 4) is 0 Å². The van der Waals surface area contributed by atoms with E-state index in [1.165, 1.54) is 51.4 Å². The van der Waals surface area contributed by atoms with Gasteiger partial charge in [-0.2, -0.15) is 0 Å². The average molecular weight is 899 g/mol. The summed E-state index contributed by atoms with van der Waals surface area (Å²) < 4.78 is 16.7. The lowest BCUT2D eigenvalue weighted by Gasteiger charge is -2.18. The minimum atomic E-state index is -0.822. The van der Waals surface area contributed by atoms with Crippen LogP contribution in [0.15, 0.2) is 122 Å². The van der Waals surface area contributed by atoms with Crippen LogP contribution in [0.25, 0.3) is 0 Å². The summed E-state index contributed by atoms with van der Waals surface area (Å²) in [5, 5.41) is 0. The first kappa shape index (κ1) is 60.8. The van der Waals surface area contributed by atoms with Crippen LogP contribution in [-0.4, -0.2) is 37.2 Å². The van der Waals surface area contributed by atoms with Crippen LogP contribution in [0.5, 0.6) is 0 Å². The van der Waals surface area contributed by atoms with Crippen molar-refractivity contribution >= 4 is 17.9 Å². The molecule has 0 aliphatic carbocycles. The lowest BCUT2D eigenvalue weighted by Crippen LogP contribution is -2.30. The Morgan fingerprint density at radius 1 is 0.323 bits per heavy atom. The van der Waals surface area contributed by atoms with Gasteiger partial charge in [0.25, 0.3) is 0 Å². The normalized spacial score (nSPS) is 13.1. The van der Waals surface area contributed by atoms with Crippen LogP contribution in [-0.2, 0) is 28.6 Å². The molecular formula is C59H94O6. The number of ether oxygens (including phenoxy) is 3. The molecular weight excluding hydrogens is 805 g/mol. The van der Waals surface area contributed by atoms with Crippen molar-refractivity contribution in [3.63, 3.8) is 0 Å². The van der Waals surface area contributed by atoms with Gasteiger partial charge in [0, 0.05) is 19.3 Å². The number of unbranched alkanes of at least 4 members (excludes halogenated alkanes) is 14. The molecule has 366 valence electrons. The first-order chi connectivity index (χ1) is 32.0. The molecule has 65 heavy (non-hydrogen) atoms. The predicted molar refractivity (Wildman–Crippen MR) is 279 cm³/mol. The zero-order valence-electron chi connectivity index (χ0n) is 41.7. The van der Waals surface area contributed by atoms with E-state index in [0.29, 0.717) is 12.8 Å².